The minimum atomic E-state index is -1.03. The second kappa shape index (κ2) is 6.24. The minimum Gasteiger partial charge on any atom is -0.479 e. The van der Waals surface area contributed by atoms with Crippen molar-refractivity contribution in [2.24, 2.45) is 0 Å². The summed E-state index contributed by atoms with van der Waals surface area (Å²) in [6.07, 6.45) is -1.21. The summed E-state index contributed by atoms with van der Waals surface area (Å²) in [5.74, 6) is -1.35. The largest absolute Gasteiger partial charge is 0.479 e. The van der Waals surface area contributed by atoms with Gasteiger partial charge in [0.15, 0.2) is 6.10 Å². The summed E-state index contributed by atoms with van der Waals surface area (Å²) < 4.78 is 6.30. The predicted octanol–water partition coefficient (Wildman–Crippen LogP) is 2.31. The van der Waals surface area contributed by atoms with Crippen LogP contribution < -0.4 is 0 Å². The van der Waals surface area contributed by atoms with Crippen LogP contribution in [0.2, 0.25) is 0 Å². The number of hydrogen-bond donors (Lipinski definition) is 1. The zero-order valence-corrected chi connectivity index (χ0v) is 13.6. The lowest BCUT2D eigenvalue weighted by molar-refractivity contribution is -0.166. The SMILES string of the molecule is CC(C(=O)N1CC(C(=O)O)O[C@H](C)C1)c1ccc(Br)s1. The Balaban J connectivity index is 2.09. The maximum absolute atomic E-state index is 12.5. The molecule has 0 aliphatic carbocycles. The molecule has 3 atom stereocenters. The average Bonchev–Trinajstić information content (AvgIpc) is 2.83. The van der Waals surface area contributed by atoms with Crippen LogP contribution in [0.5, 0.6) is 0 Å². The van der Waals surface area contributed by atoms with E-state index in [2.05, 4.69) is 15.9 Å². The smallest absolute Gasteiger partial charge is 0.334 e. The van der Waals surface area contributed by atoms with E-state index in [-0.39, 0.29) is 24.5 Å². The molecule has 0 spiro atoms. The monoisotopic (exact) mass is 361 g/mol. The number of thiophene rings is 1. The van der Waals surface area contributed by atoms with Gasteiger partial charge < -0.3 is 14.7 Å². The molecule has 1 amide bonds. The highest BCUT2D eigenvalue weighted by molar-refractivity contribution is 9.11. The summed E-state index contributed by atoms with van der Waals surface area (Å²) >= 11 is 4.90. The second-order valence-electron chi connectivity index (χ2n) is 4.88. The van der Waals surface area contributed by atoms with Gasteiger partial charge in [-0.1, -0.05) is 0 Å². The van der Waals surface area contributed by atoms with Gasteiger partial charge in [0, 0.05) is 11.4 Å². The summed E-state index contributed by atoms with van der Waals surface area (Å²) in [5, 5.41) is 9.05. The van der Waals surface area contributed by atoms with Gasteiger partial charge in [0.25, 0.3) is 0 Å². The number of ether oxygens (including phenoxy) is 1. The standard InChI is InChI=1S/C13H16BrNO4S/c1-7-5-15(6-9(19-7)13(17)18)12(16)8(2)10-3-4-11(14)20-10/h3-4,7-9H,5-6H2,1-2H3,(H,17,18)/t7-,8?,9?/m1/s1. The third-order valence-corrected chi connectivity index (χ3v) is 5.04. The van der Waals surface area contributed by atoms with E-state index >= 15 is 0 Å². The van der Waals surface area contributed by atoms with Crippen molar-refractivity contribution in [2.45, 2.75) is 32.0 Å². The first-order valence-corrected chi connectivity index (χ1v) is 7.91. The Labute approximate surface area is 129 Å². The quantitative estimate of drug-likeness (QED) is 0.896. The second-order valence-corrected chi connectivity index (χ2v) is 7.37. The molecule has 1 fully saturated rings. The number of carboxylic acids is 1. The van der Waals surface area contributed by atoms with Crippen molar-refractivity contribution in [3.8, 4) is 0 Å². The minimum absolute atomic E-state index is 0.0549. The molecular formula is C13H16BrNO4S. The molecule has 0 saturated carbocycles. The fourth-order valence-corrected chi connectivity index (χ4v) is 3.69. The first-order valence-electron chi connectivity index (χ1n) is 6.30. The lowest BCUT2D eigenvalue weighted by Gasteiger charge is -2.36. The van der Waals surface area contributed by atoms with Gasteiger partial charge in [0.05, 0.1) is 22.4 Å². The van der Waals surface area contributed by atoms with Gasteiger partial charge in [-0.15, -0.1) is 11.3 Å². The number of carbonyl (C=O) groups is 2. The third kappa shape index (κ3) is 3.39. The van der Waals surface area contributed by atoms with E-state index in [1.54, 1.807) is 11.8 Å². The number of aliphatic carboxylic acids is 1. The molecule has 2 rings (SSSR count). The summed E-state index contributed by atoms with van der Waals surface area (Å²) in [6.45, 7) is 4.16. The highest BCUT2D eigenvalue weighted by Crippen LogP contribution is 2.30. The van der Waals surface area contributed by atoms with Gasteiger partial charge in [-0.05, 0) is 41.9 Å². The molecule has 1 N–H and O–H groups in total. The predicted molar refractivity (Wildman–Crippen MR) is 79.0 cm³/mol. The van der Waals surface area contributed by atoms with Crippen molar-refractivity contribution in [1.82, 2.24) is 4.90 Å². The van der Waals surface area contributed by atoms with Gasteiger partial charge in [-0.25, -0.2) is 4.79 Å². The van der Waals surface area contributed by atoms with Crippen LogP contribution in [0.15, 0.2) is 15.9 Å². The Morgan fingerprint density at radius 2 is 2.20 bits per heavy atom. The molecule has 2 unspecified atom stereocenters. The van der Waals surface area contributed by atoms with Crippen LogP contribution in [0, 0.1) is 0 Å². The lowest BCUT2D eigenvalue weighted by atomic mass is 10.1. The zero-order valence-electron chi connectivity index (χ0n) is 11.2. The van der Waals surface area contributed by atoms with Gasteiger partial charge in [-0.3, -0.25) is 4.79 Å². The van der Waals surface area contributed by atoms with Crippen molar-refractivity contribution in [2.75, 3.05) is 13.1 Å². The number of carbonyl (C=O) groups excluding carboxylic acids is 1. The number of halogens is 1. The first-order chi connectivity index (χ1) is 9.38. The molecule has 1 aliphatic rings. The highest BCUT2D eigenvalue weighted by atomic mass is 79.9. The summed E-state index contributed by atoms with van der Waals surface area (Å²) in [7, 11) is 0. The fraction of sp³-hybridized carbons (Fsp3) is 0.538. The maximum Gasteiger partial charge on any atom is 0.334 e. The Hall–Kier alpha value is -0.920. The summed E-state index contributed by atoms with van der Waals surface area (Å²) in [4.78, 5) is 26.1. The Kier molecular flexibility index (Phi) is 4.82. The van der Waals surface area contributed by atoms with Crippen LogP contribution >= 0.6 is 27.3 Å². The molecule has 0 radical (unpaired) electrons. The fourth-order valence-electron chi connectivity index (χ4n) is 2.22. The first kappa shape index (κ1) is 15.5. The molecule has 0 bridgehead atoms. The number of rotatable bonds is 3. The van der Waals surface area contributed by atoms with Gasteiger partial charge in [-0.2, -0.15) is 0 Å². The number of morpholine rings is 1. The van der Waals surface area contributed by atoms with Crippen molar-refractivity contribution < 1.29 is 19.4 Å². The maximum atomic E-state index is 12.5. The van der Waals surface area contributed by atoms with Crippen molar-refractivity contribution >= 4 is 39.1 Å². The van der Waals surface area contributed by atoms with Crippen LogP contribution in [0.3, 0.4) is 0 Å². The van der Waals surface area contributed by atoms with E-state index in [1.807, 2.05) is 19.1 Å². The normalized spacial score (nSPS) is 24.4. The Morgan fingerprint density at radius 1 is 1.50 bits per heavy atom. The van der Waals surface area contributed by atoms with Crippen LogP contribution in [0.25, 0.3) is 0 Å². The summed E-state index contributed by atoms with van der Waals surface area (Å²) in [5.41, 5.74) is 0. The van der Waals surface area contributed by atoms with E-state index in [0.29, 0.717) is 6.54 Å². The molecule has 0 aromatic carbocycles. The molecule has 1 aromatic heterocycles. The molecule has 1 aliphatic heterocycles. The molecule has 110 valence electrons. The third-order valence-electron chi connectivity index (χ3n) is 3.24. The van der Waals surface area contributed by atoms with E-state index in [9.17, 15) is 9.59 Å². The topological polar surface area (TPSA) is 66.8 Å². The molecule has 20 heavy (non-hydrogen) atoms. The number of nitrogens with zero attached hydrogens (tertiary/aromatic N) is 1. The van der Waals surface area contributed by atoms with Crippen LogP contribution in [0.4, 0.5) is 0 Å². The average molecular weight is 362 g/mol. The number of hydrogen-bond acceptors (Lipinski definition) is 4. The van der Waals surface area contributed by atoms with E-state index < -0.39 is 12.1 Å². The van der Waals surface area contributed by atoms with E-state index in [0.717, 1.165) is 8.66 Å². The van der Waals surface area contributed by atoms with E-state index in [4.69, 9.17) is 9.84 Å². The number of carboxylic acid groups (broad SMARTS) is 1. The van der Waals surface area contributed by atoms with Gasteiger partial charge >= 0.3 is 5.97 Å². The van der Waals surface area contributed by atoms with Crippen LogP contribution in [-0.4, -0.2) is 47.2 Å². The lowest BCUT2D eigenvalue weighted by Crippen LogP contribution is -2.52. The molecule has 1 saturated heterocycles. The van der Waals surface area contributed by atoms with Gasteiger partial charge in [0.1, 0.15) is 0 Å². The van der Waals surface area contributed by atoms with Crippen LogP contribution in [0.1, 0.15) is 24.6 Å². The highest BCUT2D eigenvalue weighted by Gasteiger charge is 2.34. The molecule has 1 aromatic rings. The van der Waals surface area contributed by atoms with Gasteiger partial charge in [0.2, 0.25) is 5.91 Å². The molecule has 5 nitrogen and oxygen atoms in total. The van der Waals surface area contributed by atoms with Crippen molar-refractivity contribution in [1.29, 1.82) is 0 Å². The van der Waals surface area contributed by atoms with Crippen molar-refractivity contribution in [3.63, 3.8) is 0 Å². The Morgan fingerprint density at radius 3 is 2.75 bits per heavy atom. The molecule has 2 heterocycles. The Bertz CT molecular complexity index is 518. The zero-order chi connectivity index (χ0) is 14.9. The molecule has 7 heteroatoms. The molecular weight excluding hydrogens is 346 g/mol. The number of amides is 1. The van der Waals surface area contributed by atoms with Crippen LogP contribution in [-0.2, 0) is 14.3 Å². The van der Waals surface area contributed by atoms with E-state index in [1.165, 1.54) is 11.3 Å². The summed E-state index contributed by atoms with van der Waals surface area (Å²) in [6, 6.07) is 3.82. The van der Waals surface area contributed by atoms with Crippen molar-refractivity contribution in [3.05, 3.63) is 20.8 Å².